The number of nitriles is 1. The fourth-order valence-electron chi connectivity index (χ4n) is 2.90. The van der Waals surface area contributed by atoms with Crippen LogP contribution >= 0.6 is 23.1 Å². The third-order valence-electron chi connectivity index (χ3n) is 4.76. The zero-order chi connectivity index (χ0) is 22.8. The van der Waals surface area contributed by atoms with Gasteiger partial charge in [0.1, 0.15) is 6.04 Å². The van der Waals surface area contributed by atoms with E-state index in [2.05, 4.69) is 10.6 Å². The van der Waals surface area contributed by atoms with E-state index in [-0.39, 0.29) is 17.7 Å². The van der Waals surface area contributed by atoms with E-state index in [1.54, 1.807) is 35.2 Å². The summed E-state index contributed by atoms with van der Waals surface area (Å²) < 4.78 is 0. The number of thiophene rings is 1. The van der Waals surface area contributed by atoms with Gasteiger partial charge >= 0.3 is 0 Å². The molecular formula is C22H24N4O3S2. The van der Waals surface area contributed by atoms with E-state index in [1.807, 2.05) is 33.8 Å². The van der Waals surface area contributed by atoms with Crippen LogP contribution < -0.4 is 10.6 Å². The predicted molar refractivity (Wildman–Crippen MR) is 124 cm³/mol. The van der Waals surface area contributed by atoms with Gasteiger partial charge in [-0.2, -0.15) is 5.26 Å². The van der Waals surface area contributed by atoms with E-state index in [0.717, 1.165) is 5.56 Å². The number of amides is 3. The molecule has 1 aliphatic heterocycles. The van der Waals surface area contributed by atoms with Crippen molar-refractivity contribution in [3.05, 3.63) is 46.3 Å². The molecule has 1 saturated heterocycles. The van der Waals surface area contributed by atoms with Crippen LogP contribution in [0.5, 0.6) is 0 Å². The second-order valence-corrected chi connectivity index (χ2v) is 10.3. The molecule has 1 aliphatic rings. The van der Waals surface area contributed by atoms with E-state index in [9.17, 15) is 14.4 Å². The number of hydrogen-bond donors (Lipinski definition) is 2. The summed E-state index contributed by atoms with van der Waals surface area (Å²) in [5.74, 6) is 0.323. The monoisotopic (exact) mass is 456 g/mol. The van der Waals surface area contributed by atoms with E-state index in [1.165, 1.54) is 23.1 Å². The summed E-state index contributed by atoms with van der Waals surface area (Å²) in [5, 5.41) is 15.2. The predicted octanol–water partition coefficient (Wildman–Crippen LogP) is 4.07. The maximum atomic E-state index is 13.2. The topological polar surface area (TPSA) is 102 Å². The fraction of sp³-hybridized carbons (Fsp3) is 0.364. The van der Waals surface area contributed by atoms with E-state index >= 15 is 0 Å². The van der Waals surface area contributed by atoms with Crippen LogP contribution in [-0.2, 0) is 9.59 Å². The number of aryl methyl sites for hydroxylation is 1. The van der Waals surface area contributed by atoms with Gasteiger partial charge in [-0.25, -0.2) is 0 Å². The number of hydrogen-bond acceptors (Lipinski definition) is 6. The first-order valence-corrected chi connectivity index (χ1v) is 11.7. The van der Waals surface area contributed by atoms with Gasteiger partial charge in [0.15, 0.2) is 0 Å². The zero-order valence-corrected chi connectivity index (χ0v) is 19.4. The Morgan fingerprint density at radius 3 is 2.45 bits per heavy atom. The molecule has 0 aliphatic carbocycles. The third-order valence-corrected chi connectivity index (χ3v) is 6.91. The molecule has 3 rings (SSSR count). The number of thioether (sulfide) groups is 1. The van der Waals surface area contributed by atoms with Crippen LogP contribution in [0.2, 0.25) is 0 Å². The standard InChI is InChI=1S/C22H24N4O3S2/c1-13-9-17(25-21(29)22(2,3)4)31-18(13)20(28)26-12-30-11-16(26)19(27)24-15-7-5-14(10-23)6-8-15/h5-9,16H,11-12H2,1-4H3,(H,24,27)(H,25,29)/t16-/m0/s1. The van der Waals surface area contributed by atoms with Crippen LogP contribution in [-0.4, -0.2) is 40.3 Å². The highest BCUT2D eigenvalue weighted by Crippen LogP contribution is 2.32. The second kappa shape index (κ2) is 9.12. The highest BCUT2D eigenvalue weighted by atomic mass is 32.2. The Labute approximate surface area is 189 Å². The molecule has 1 fully saturated rings. The average molecular weight is 457 g/mol. The van der Waals surface area contributed by atoms with Crippen molar-refractivity contribution in [1.29, 1.82) is 5.26 Å². The van der Waals surface area contributed by atoms with Crippen LogP contribution in [0.1, 0.15) is 41.6 Å². The first-order valence-electron chi connectivity index (χ1n) is 9.72. The van der Waals surface area contributed by atoms with Crippen molar-refractivity contribution in [1.82, 2.24) is 4.90 Å². The number of nitrogens with zero attached hydrogens (tertiary/aromatic N) is 2. The quantitative estimate of drug-likeness (QED) is 0.722. The first-order chi connectivity index (χ1) is 14.6. The maximum absolute atomic E-state index is 13.2. The molecule has 7 nitrogen and oxygen atoms in total. The largest absolute Gasteiger partial charge is 0.324 e. The molecule has 3 amide bonds. The number of rotatable bonds is 4. The van der Waals surface area contributed by atoms with Gasteiger partial charge in [-0.05, 0) is 42.8 Å². The first kappa shape index (κ1) is 22.8. The Bertz CT molecular complexity index is 1050. The van der Waals surface area contributed by atoms with Crippen LogP contribution in [0.15, 0.2) is 30.3 Å². The molecule has 162 valence electrons. The summed E-state index contributed by atoms with van der Waals surface area (Å²) >= 11 is 2.75. The fourth-order valence-corrected chi connectivity index (χ4v) is 5.08. The average Bonchev–Trinajstić information content (AvgIpc) is 3.34. The van der Waals surface area contributed by atoms with Crippen molar-refractivity contribution in [2.24, 2.45) is 5.41 Å². The number of nitrogens with one attached hydrogen (secondary N) is 2. The van der Waals surface area contributed by atoms with Gasteiger partial charge in [0.25, 0.3) is 5.91 Å². The van der Waals surface area contributed by atoms with Crippen molar-refractivity contribution >= 4 is 51.5 Å². The molecule has 1 atom stereocenters. The smallest absolute Gasteiger partial charge is 0.265 e. The van der Waals surface area contributed by atoms with Gasteiger partial charge in [-0.1, -0.05) is 20.8 Å². The molecule has 0 spiro atoms. The minimum absolute atomic E-state index is 0.121. The molecule has 31 heavy (non-hydrogen) atoms. The normalized spacial score (nSPS) is 16.0. The molecule has 2 N–H and O–H groups in total. The highest BCUT2D eigenvalue weighted by molar-refractivity contribution is 7.99. The van der Waals surface area contributed by atoms with Gasteiger partial charge in [-0.15, -0.1) is 23.1 Å². The lowest BCUT2D eigenvalue weighted by molar-refractivity contribution is -0.123. The second-order valence-electron chi connectivity index (χ2n) is 8.30. The lowest BCUT2D eigenvalue weighted by Gasteiger charge is -2.23. The van der Waals surface area contributed by atoms with Gasteiger partial charge in [0.2, 0.25) is 11.8 Å². The molecule has 0 bridgehead atoms. The molecule has 1 aromatic heterocycles. The minimum Gasteiger partial charge on any atom is -0.324 e. The Morgan fingerprint density at radius 2 is 1.84 bits per heavy atom. The molecule has 0 unspecified atom stereocenters. The SMILES string of the molecule is Cc1cc(NC(=O)C(C)(C)C)sc1C(=O)N1CSC[C@H]1C(=O)Nc1ccc(C#N)cc1. The number of benzene rings is 1. The van der Waals surface area contributed by atoms with Gasteiger partial charge in [0.05, 0.1) is 27.4 Å². The van der Waals surface area contributed by atoms with E-state index in [0.29, 0.717) is 32.8 Å². The Hall–Kier alpha value is -2.83. The van der Waals surface area contributed by atoms with Crippen molar-refractivity contribution in [2.45, 2.75) is 33.7 Å². The van der Waals surface area contributed by atoms with E-state index in [4.69, 9.17) is 5.26 Å². The van der Waals surface area contributed by atoms with Gasteiger partial charge in [0, 0.05) is 16.9 Å². The van der Waals surface area contributed by atoms with Crippen molar-refractivity contribution < 1.29 is 14.4 Å². The summed E-state index contributed by atoms with van der Waals surface area (Å²) in [6.45, 7) is 7.31. The minimum atomic E-state index is -0.595. The van der Waals surface area contributed by atoms with E-state index < -0.39 is 11.5 Å². The number of anilines is 2. The summed E-state index contributed by atoms with van der Waals surface area (Å²) in [6, 6.07) is 9.82. The summed E-state index contributed by atoms with van der Waals surface area (Å²) in [5.41, 5.74) is 1.31. The Balaban J connectivity index is 1.72. The molecule has 2 aromatic rings. The van der Waals surface area contributed by atoms with Crippen molar-refractivity contribution in [3.63, 3.8) is 0 Å². The molecule has 0 saturated carbocycles. The summed E-state index contributed by atoms with van der Waals surface area (Å²) in [6.07, 6.45) is 0. The number of carbonyl (C=O) groups is 3. The van der Waals surface area contributed by atoms with Crippen molar-refractivity contribution in [2.75, 3.05) is 22.3 Å². The van der Waals surface area contributed by atoms with Crippen LogP contribution in [0, 0.1) is 23.7 Å². The Morgan fingerprint density at radius 1 is 1.16 bits per heavy atom. The maximum Gasteiger partial charge on any atom is 0.265 e. The molecule has 1 aromatic carbocycles. The lowest BCUT2D eigenvalue weighted by Crippen LogP contribution is -2.44. The van der Waals surface area contributed by atoms with Crippen molar-refractivity contribution in [3.8, 4) is 6.07 Å². The molecule has 0 radical (unpaired) electrons. The summed E-state index contributed by atoms with van der Waals surface area (Å²) in [4.78, 5) is 40.4. The Kier molecular flexibility index (Phi) is 6.72. The van der Waals surface area contributed by atoms with Gasteiger partial charge in [-0.3, -0.25) is 14.4 Å². The lowest BCUT2D eigenvalue weighted by atomic mass is 9.96. The highest BCUT2D eigenvalue weighted by Gasteiger charge is 2.36. The van der Waals surface area contributed by atoms with Gasteiger partial charge < -0.3 is 15.5 Å². The molecule has 9 heteroatoms. The molecular weight excluding hydrogens is 432 g/mol. The number of carbonyl (C=O) groups excluding carboxylic acids is 3. The van der Waals surface area contributed by atoms with Crippen LogP contribution in [0.3, 0.4) is 0 Å². The summed E-state index contributed by atoms with van der Waals surface area (Å²) in [7, 11) is 0. The van der Waals surface area contributed by atoms with Crippen LogP contribution in [0.4, 0.5) is 10.7 Å². The zero-order valence-electron chi connectivity index (χ0n) is 17.8. The van der Waals surface area contributed by atoms with Crippen LogP contribution in [0.25, 0.3) is 0 Å². The molecule has 2 heterocycles. The third kappa shape index (κ3) is 5.27.